The summed E-state index contributed by atoms with van der Waals surface area (Å²) in [5.74, 6) is 2.45. The van der Waals surface area contributed by atoms with Gasteiger partial charge in [0.2, 0.25) is 17.8 Å². The monoisotopic (exact) mass is 613 g/mol. The van der Waals surface area contributed by atoms with Crippen molar-refractivity contribution in [1.82, 2.24) is 25.2 Å². The summed E-state index contributed by atoms with van der Waals surface area (Å²) >= 11 is 0. The lowest BCUT2D eigenvalue weighted by atomic mass is 9.71. The molecule has 4 rings (SSSR count). The summed E-state index contributed by atoms with van der Waals surface area (Å²) in [6, 6.07) is 4.00. The average Bonchev–Trinajstić information content (AvgIpc) is 3.19. The number of ether oxygens (including phenoxy) is 2. The summed E-state index contributed by atoms with van der Waals surface area (Å²) in [5.41, 5.74) is 1.88. The van der Waals surface area contributed by atoms with E-state index in [1.807, 2.05) is 30.9 Å². The van der Waals surface area contributed by atoms with E-state index in [9.17, 15) is 9.59 Å². The summed E-state index contributed by atoms with van der Waals surface area (Å²) in [6.45, 7) is 13.2. The zero-order chi connectivity index (χ0) is 32.1. The minimum Gasteiger partial charge on any atom is -0.493 e. The topological polar surface area (TPSA) is 132 Å². The minimum atomic E-state index is -0.410. The number of likely N-dealkylation sites (N-methyl/N-ethyl adjacent to an activating group) is 1. The number of fused-ring (bicyclic) bond motifs is 1. The number of methoxy groups -OCH3 is 2. The fourth-order valence-corrected chi connectivity index (χ4v) is 6.82. The predicted octanol–water partition coefficient (Wildman–Crippen LogP) is 3.92. The van der Waals surface area contributed by atoms with Crippen molar-refractivity contribution in [2.24, 2.45) is 10.8 Å². The number of likely N-dealkylation sites (tertiary alicyclic amines) is 1. The van der Waals surface area contributed by atoms with Crippen molar-refractivity contribution in [3.05, 3.63) is 12.1 Å². The van der Waals surface area contributed by atoms with Crippen LogP contribution in [0.1, 0.15) is 66.2 Å². The highest BCUT2D eigenvalue weighted by molar-refractivity contribution is 5.93. The lowest BCUT2D eigenvalue weighted by molar-refractivity contribution is -0.134. The summed E-state index contributed by atoms with van der Waals surface area (Å²) < 4.78 is 11.2. The molecule has 2 fully saturated rings. The first kappa shape index (κ1) is 33.5. The number of carbonyl (C=O) groups excluding carboxylic acids is 2. The number of rotatable bonds is 11. The lowest BCUT2D eigenvalue weighted by Gasteiger charge is -2.37. The van der Waals surface area contributed by atoms with Crippen LogP contribution in [0.3, 0.4) is 0 Å². The van der Waals surface area contributed by atoms with Crippen LogP contribution >= 0.6 is 0 Å². The largest absolute Gasteiger partial charge is 0.493 e. The fraction of sp³-hybridized carbons (Fsp3) is 0.688. The van der Waals surface area contributed by atoms with E-state index in [-0.39, 0.29) is 29.2 Å². The van der Waals surface area contributed by atoms with Gasteiger partial charge < -0.3 is 29.5 Å². The van der Waals surface area contributed by atoms with E-state index in [0.29, 0.717) is 43.4 Å². The number of piperidine rings is 1. The van der Waals surface area contributed by atoms with Gasteiger partial charge >= 0.3 is 0 Å². The Bertz CT molecular complexity index is 1310. The number of amides is 2. The normalized spacial score (nSPS) is 17.4. The van der Waals surface area contributed by atoms with Gasteiger partial charge in [-0.25, -0.2) is 10.5 Å². The second-order valence-corrected chi connectivity index (χ2v) is 13.9. The molecule has 0 bridgehead atoms. The number of hydrogen-bond acceptors (Lipinski definition) is 10. The number of anilines is 2. The molecule has 0 atom stereocenters. The van der Waals surface area contributed by atoms with Gasteiger partial charge in [0.15, 0.2) is 11.5 Å². The summed E-state index contributed by atoms with van der Waals surface area (Å²) in [4.78, 5) is 41.6. The van der Waals surface area contributed by atoms with E-state index in [1.165, 1.54) is 0 Å². The van der Waals surface area contributed by atoms with Crippen LogP contribution in [0.15, 0.2) is 12.1 Å². The quantitative estimate of drug-likeness (QED) is 0.253. The van der Waals surface area contributed by atoms with Crippen molar-refractivity contribution in [1.29, 1.82) is 0 Å². The molecule has 12 nitrogen and oxygen atoms in total. The van der Waals surface area contributed by atoms with Crippen LogP contribution < -0.4 is 25.2 Å². The van der Waals surface area contributed by atoms with E-state index in [0.717, 1.165) is 62.2 Å². The first-order valence-electron chi connectivity index (χ1n) is 15.7. The van der Waals surface area contributed by atoms with Crippen molar-refractivity contribution < 1.29 is 24.3 Å². The zero-order valence-electron chi connectivity index (χ0n) is 27.5. The number of aromatic nitrogens is 2. The molecular formula is C32H51N7O5. The van der Waals surface area contributed by atoms with Crippen molar-refractivity contribution in [3.8, 4) is 11.5 Å². The molecule has 2 aliphatic rings. The molecular weight excluding hydrogens is 562 g/mol. The first-order valence-corrected chi connectivity index (χ1v) is 15.7. The second kappa shape index (κ2) is 14.2. The molecule has 244 valence electrons. The van der Waals surface area contributed by atoms with Crippen LogP contribution in [-0.2, 0) is 9.59 Å². The maximum Gasteiger partial charge on any atom is 0.243 e. The fourth-order valence-electron chi connectivity index (χ4n) is 6.82. The number of benzene rings is 1. The molecule has 2 aromatic rings. The van der Waals surface area contributed by atoms with Crippen molar-refractivity contribution in [2.45, 2.75) is 72.3 Å². The van der Waals surface area contributed by atoms with Crippen LogP contribution in [0.5, 0.6) is 11.5 Å². The summed E-state index contributed by atoms with van der Waals surface area (Å²) in [5, 5.41) is 13.5. The molecule has 0 spiro atoms. The maximum absolute atomic E-state index is 13.4. The molecule has 2 aliphatic heterocycles. The zero-order valence-corrected chi connectivity index (χ0v) is 27.5. The molecule has 44 heavy (non-hydrogen) atoms. The molecule has 0 radical (unpaired) electrons. The van der Waals surface area contributed by atoms with Gasteiger partial charge in [-0.1, -0.05) is 27.7 Å². The number of nitrogens with zero attached hydrogens (tertiary/aromatic N) is 5. The van der Waals surface area contributed by atoms with Gasteiger partial charge in [-0.2, -0.15) is 4.98 Å². The number of hydrogen-bond donors (Lipinski definition) is 3. The van der Waals surface area contributed by atoms with E-state index in [4.69, 9.17) is 24.6 Å². The summed E-state index contributed by atoms with van der Waals surface area (Å²) in [7, 11) is 5.40. The van der Waals surface area contributed by atoms with Gasteiger partial charge in [0.25, 0.3) is 0 Å². The second-order valence-electron chi connectivity index (χ2n) is 13.9. The van der Waals surface area contributed by atoms with Gasteiger partial charge in [0, 0.05) is 63.1 Å². The molecule has 2 saturated heterocycles. The predicted molar refractivity (Wildman–Crippen MR) is 172 cm³/mol. The van der Waals surface area contributed by atoms with Crippen molar-refractivity contribution in [2.75, 3.05) is 70.8 Å². The van der Waals surface area contributed by atoms with E-state index in [2.05, 4.69) is 36.0 Å². The van der Waals surface area contributed by atoms with Crippen LogP contribution in [0.2, 0.25) is 0 Å². The smallest absolute Gasteiger partial charge is 0.243 e. The lowest BCUT2D eigenvalue weighted by Crippen LogP contribution is -2.44. The Morgan fingerprint density at radius 2 is 1.59 bits per heavy atom. The molecule has 1 aromatic heterocycles. The van der Waals surface area contributed by atoms with Crippen LogP contribution in [0.4, 0.5) is 11.8 Å². The van der Waals surface area contributed by atoms with Crippen LogP contribution in [0, 0.1) is 10.8 Å². The Hall–Kier alpha value is -3.38. The third-order valence-electron chi connectivity index (χ3n) is 8.73. The minimum absolute atomic E-state index is 0.133. The molecule has 2 amide bonds. The number of nitrogens with one attached hydrogen (secondary N) is 2. The number of carbonyl (C=O) groups is 2. The Labute approximate surface area is 261 Å². The first-order chi connectivity index (χ1) is 20.8. The van der Waals surface area contributed by atoms with E-state index < -0.39 is 5.91 Å². The van der Waals surface area contributed by atoms with E-state index >= 15 is 0 Å². The Morgan fingerprint density at radius 3 is 2.25 bits per heavy atom. The third kappa shape index (κ3) is 8.62. The molecule has 3 N–H and O–H groups in total. The SMILES string of the molecule is COc1cc2nc(N3CCCN(C)CC3)nc(NC3CCN(C(=O)CC(C)(C)CC(C)(C)CC(=O)NO)CC3)c2cc1OC. The van der Waals surface area contributed by atoms with Gasteiger partial charge in [0.05, 0.1) is 19.7 Å². The van der Waals surface area contributed by atoms with Crippen LogP contribution in [-0.4, -0.2) is 103 Å². The molecule has 0 saturated carbocycles. The van der Waals surface area contributed by atoms with Gasteiger partial charge in [-0.3, -0.25) is 14.8 Å². The molecule has 3 heterocycles. The Kier molecular flexibility index (Phi) is 10.8. The summed E-state index contributed by atoms with van der Waals surface area (Å²) in [6.07, 6.45) is 3.94. The highest BCUT2D eigenvalue weighted by Crippen LogP contribution is 2.39. The van der Waals surface area contributed by atoms with E-state index in [1.54, 1.807) is 19.7 Å². The highest BCUT2D eigenvalue weighted by Gasteiger charge is 2.34. The molecule has 1 aromatic carbocycles. The van der Waals surface area contributed by atoms with Crippen molar-refractivity contribution >= 4 is 34.5 Å². The Balaban J connectivity index is 1.46. The third-order valence-corrected chi connectivity index (χ3v) is 8.73. The van der Waals surface area contributed by atoms with Crippen LogP contribution in [0.25, 0.3) is 10.9 Å². The standard InChI is InChI=1S/C32H51N7O5/c1-31(2,19-27(40)36-42)21-32(3,4)20-28(41)38-13-9-22(10-14-38)33-29-23-17-25(43-6)26(44-7)18-24(23)34-30(35-29)39-12-8-11-37(5)15-16-39/h17-18,22,42H,8-16,19-21H2,1-7H3,(H,36,40)(H,33,34,35). The average molecular weight is 614 g/mol. The molecule has 0 unspecified atom stereocenters. The molecule has 12 heteroatoms. The Morgan fingerprint density at radius 1 is 0.932 bits per heavy atom. The molecule has 0 aliphatic carbocycles. The van der Waals surface area contributed by atoms with Gasteiger partial charge in [-0.15, -0.1) is 0 Å². The number of hydroxylamine groups is 1. The van der Waals surface area contributed by atoms with Gasteiger partial charge in [-0.05, 0) is 56.2 Å². The van der Waals surface area contributed by atoms with Gasteiger partial charge in [0.1, 0.15) is 5.82 Å². The maximum atomic E-state index is 13.4. The van der Waals surface area contributed by atoms with Crippen molar-refractivity contribution in [3.63, 3.8) is 0 Å². The highest BCUT2D eigenvalue weighted by atomic mass is 16.5.